The zero-order chi connectivity index (χ0) is 53.2. The predicted molar refractivity (Wildman–Crippen MR) is 271 cm³/mol. The van der Waals surface area contributed by atoms with Crippen molar-refractivity contribution in [1.29, 1.82) is 0 Å². The van der Waals surface area contributed by atoms with Gasteiger partial charge in [-0.1, -0.05) is 59.7 Å². The van der Waals surface area contributed by atoms with Crippen molar-refractivity contribution in [2.75, 3.05) is 27.2 Å². The zero-order valence-corrected chi connectivity index (χ0v) is 43.6. The number of hydrogen-bond acceptors (Lipinski definition) is 12. The molecule has 0 bridgehead atoms. The number of aromatic nitrogens is 2. The number of nitrogens with one attached hydrogen (secondary N) is 8. The highest BCUT2D eigenvalue weighted by Gasteiger charge is 2.47. The third-order valence-electron chi connectivity index (χ3n) is 13.3. The van der Waals surface area contributed by atoms with Gasteiger partial charge in [-0.2, -0.15) is 0 Å². The molecule has 5 rings (SSSR count). The number of nitrogens with zero attached hydrogens (tertiary/aromatic N) is 4. The van der Waals surface area contributed by atoms with Gasteiger partial charge in [0, 0.05) is 48.7 Å². The molecule has 0 aliphatic carbocycles. The molecule has 0 unspecified atom stereocenters. The number of carbonyl (C=O) groups is 8. The minimum absolute atomic E-state index is 0.0502. The molecular formula is C52H74N12O8. The lowest BCUT2D eigenvalue weighted by Gasteiger charge is -2.36. The summed E-state index contributed by atoms with van der Waals surface area (Å²) in [4.78, 5) is 123. The van der Waals surface area contributed by atoms with Crippen LogP contribution in [-0.2, 0) is 28.8 Å². The molecule has 4 heterocycles. The first-order valence-corrected chi connectivity index (χ1v) is 24.5. The summed E-state index contributed by atoms with van der Waals surface area (Å²) >= 11 is 0. The van der Waals surface area contributed by atoms with Gasteiger partial charge in [0.05, 0.1) is 35.6 Å². The Kier molecular flexibility index (Phi) is 18.8. The van der Waals surface area contributed by atoms with Crippen molar-refractivity contribution in [1.82, 2.24) is 62.3 Å². The molecule has 10 atom stereocenters. The van der Waals surface area contributed by atoms with Gasteiger partial charge in [-0.05, 0) is 108 Å². The molecule has 72 heavy (non-hydrogen) atoms. The Morgan fingerprint density at radius 2 is 0.917 bits per heavy atom. The lowest BCUT2D eigenvalue weighted by Crippen LogP contribution is -2.59. The average molecular weight is 995 g/mol. The maximum Gasteiger partial charge on any atom is 0.251 e. The summed E-state index contributed by atoms with van der Waals surface area (Å²) in [7, 11) is 3.27. The van der Waals surface area contributed by atoms with Crippen LogP contribution in [0.1, 0.15) is 126 Å². The topological polar surface area (TPSA) is 265 Å². The normalized spacial score (nSPS) is 20.4. The summed E-state index contributed by atoms with van der Waals surface area (Å²) in [6.07, 6.45) is 3.34. The Labute approximate surface area is 422 Å². The lowest BCUT2D eigenvalue weighted by atomic mass is 9.85. The minimum Gasteiger partial charge on any atom is -0.347 e. The molecule has 8 amide bonds. The number of hydrogen-bond donors (Lipinski definition) is 8. The quantitative estimate of drug-likeness (QED) is 0.0909. The van der Waals surface area contributed by atoms with Crippen LogP contribution >= 0.6 is 0 Å². The number of benzene rings is 1. The van der Waals surface area contributed by atoms with Gasteiger partial charge in [-0.15, -0.1) is 0 Å². The zero-order valence-electron chi connectivity index (χ0n) is 43.6. The molecule has 0 spiro atoms. The van der Waals surface area contributed by atoms with Crippen LogP contribution in [0.3, 0.4) is 0 Å². The van der Waals surface area contributed by atoms with Gasteiger partial charge >= 0.3 is 0 Å². The Balaban J connectivity index is 1.35. The van der Waals surface area contributed by atoms with Gasteiger partial charge in [0.1, 0.15) is 24.2 Å². The Bertz CT molecular complexity index is 2260. The lowest BCUT2D eigenvalue weighted by molar-refractivity contribution is -0.144. The third-order valence-corrected chi connectivity index (χ3v) is 13.3. The van der Waals surface area contributed by atoms with Crippen molar-refractivity contribution in [3.8, 4) is 0 Å². The fraction of sp³-hybridized carbons (Fsp3) is 0.538. The molecule has 0 radical (unpaired) electrons. The van der Waals surface area contributed by atoms with E-state index in [1.165, 1.54) is 28.0 Å². The number of likely N-dealkylation sites (tertiary alicyclic amines) is 2. The highest BCUT2D eigenvalue weighted by molar-refractivity contribution is 6.01. The van der Waals surface area contributed by atoms with Crippen molar-refractivity contribution >= 4 is 47.3 Å². The van der Waals surface area contributed by atoms with Gasteiger partial charge in [0.25, 0.3) is 11.8 Å². The Morgan fingerprint density at radius 3 is 1.24 bits per heavy atom. The number of pyridine rings is 2. The number of amides is 8. The molecule has 8 N–H and O–H groups in total. The monoisotopic (exact) mass is 995 g/mol. The van der Waals surface area contributed by atoms with E-state index in [1.54, 1.807) is 96.6 Å². The SMILES string of the molecule is CN[C@@H](C)C(=O)N[C@H](C(=O)N1C[C@@H](NC(=O)c2cccc(C(=O)N[C@H]3C[C@@H](C(=O)N[C@H](C)c4ccccn4)N(C(=O)[C@@H](NC(=O)[C@H](C)NC)C(C)(C)C)C3)c2)C[C@H]1C(=O)N[C@H](C)c1ccccn1)C(C)(C)C. The van der Waals surface area contributed by atoms with Gasteiger partial charge in [0.15, 0.2) is 0 Å². The maximum absolute atomic E-state index is 14.5. The van der Waals surface area contributed by atoms with E-state index >= 15 is 0 Å². The molecule has 0 saturated carbocycles. The number of likely N-dealkylation sites (N-methyl/N-ethyl adjacent to an activating group) is 2. The van der Waals surface area contributed by atoms with E-state index in [1.807, 2.05) is 41.5 Å². The molecule has 2 aromatic heterocycles. The first-order chi connectivity index (χ1) is 33.8. The van der Waals surface area contributed by atoms with E-state index < -0.39 is 119 Å². The number of carbonyl (C=O) groups excluding carboxylic acids is 8. The van der Waals surface area contributed by atoms with Crippen LogP contribution in [0.15, 0.2) is 73.1 Å². The van der Waals surface area contributed by atoms with Crippen LogP contribution in [0.25, 0.3) is 0 Å². The summed E-state index contributed by atoms with van der Waals surface area (Å²) < 4.78 is 0. The predicted octanol–water partition coefficient (Wildman–Crippen LogP) is 1.91. The molecule has 2 aliphatic heterocycles. The maximum atomic E-state index is 14.5. The molecule has 2 fully saturated rings. The van der Waals surface area contributed by atoms with Crippen LogP contribution in [0.5, 0.6) is 0 Å². The third kappa shape index (κ3) is 14.2. The highest BCUT2D eigenvalue weighted by Crippen LogP contribution is 2.29. The Hall–Kier alpha value is -6.80. The van der Waals surface area contributed by atoms with E-state index in [2.05, 4.69) is 52.5 Å². The summed E-state index contributed by atoms with van der Waals surface area (Å²) in [6, 6.07) is 8.99. The molecule has 20 nitrogen and oxygen atoms in total. The molecule has 20 heteroatoms. The van der Waals surface area contributed by atoms with Crippen molar-refractivity contribution in [2.24, 2.45) is 10.8 Å². The molecule has 3 aromatic rings. The van der Waals surface area contributed by atoms with Crippen LogP contribution in [0.4, 0.5) is 0 Å². The van der Waals surface area contributed by atoms with E-state index in [-0.39, 0.29) is 37.1 Å². The van der Waals surface area contributed by atoms with E-state index in [9.17, 15) is 38.4 Å². The fourth-order valence-electron chi connectivity index (χ4n) is 8.66. The van der Waals surface area contributed by atoms with Crippen LogP contribution < -0.4 is 42.5 Å². The first-order valence-electron chi connectivity index (χ1n) is 24.5. The summed E-state index contributed by atoms with van der Waals surface area (Å²) in [5, 5.41) is 23.4. The van der Waals surface area contributed by atoms with Gasteiger partial charge in [-0.3, -0.25) is 48.3 Å². The van der Waals surface area contributed by atoms with E-state index in [0.717, 1.165) is 0 Å². The van der Waals surface area contributed by atoms with Crippen LogP contribution in [-0.4, -0.2) is 143 Å². The van der Waals surface area contributed by atoms with Crippen molar-refractivity contribution in [3.05, 3.63) is 95.6 Å². The smallest absolute Gasteiger partial charge is 0.251 e. The summed E-state index contributed by atoms with van der Waals surface area (Å²) in [5.41, 5.74) is -0.0489. The van der Waals surface area contributed by atoms with E-state index in [0.29, 0.717) is 11.4 Å². The number of rotatable bonds is 18. The van der Waals surface area contributed by atoms with Gasteiger partial charge in [0.2, 0.25) is 35.4 Å². The standard InChI is InChI=1S/C52H74N12O8/c1-29(37-20-13-15-22-55-37)57-47(69)39-25-35(27-63(39)49(71)41(51(5,6)7)61-43(65)31(3)53-11)59-45(67)33-18-17-19-34(24-33)46(68)60-36-26-40(48(70)58-30(2)38-21-14-16-23-56-38)64(28-36)50(72)42(52(8,9)10)62-44(66)32(4)54-12/h13-24,29-32,35-36,39-42,53-54H,25-28H2,1-12H3,(H,57,69)(H,58,70)(H,59,67)(H,60,68)(H,61,65)(H,62,66)/t29-,30-,31+,32+,35+,36+,39+,40+,41-,42-/m1/s1. The summed E-state index contributed by atoms with van der Waals surface area (Å²) in [5.74, 6) is -3.82. The molecule has 390 valence electrons. The minimum atomic E-state index is -1.02. The fourth-order valence-corrected chi connectivity index (χ4v) is 8.66. The molecule has 2 aliphatic rings. The Morgan fingerprint density at radius 1 is 0.542 bits per heavy atom. The second-order valence-electron chi connectivity index (χ2n) is 21.0. The second-order valence-corrected chi connectivity index (χ2v) is 21.0. The molecular weight excluding hydrogens is 921 g/mol. The molecule has 1 aromatic carbocycles. The largest absolute Gasteiger partial charge is 0.347 e. The molecule has 2 saturated heterocycles. The van der Waals surface area contributed by atoms with Crippen LogP contribution in [0.2, 0.25) is 0 Å². The van der Waals surface area contributed by atoms with Gasteiger partial charge in [-0.25, -0.2) is 0 Å². The average Bonchev–Trinajstić information content (AvgIpc) is 3.98. The van der Waals surface area contributed by atoms with Crippen molar-refractivity contribution in [3.63, 3.8) is 0 Å². The highest BCUT2D eigenvalue weighted by atomic mass is 16.2. The van der Waals surface area contributed by atoms with Crippen molar-refractivity contribution in [2.45, 2.75) is 142 Å². The first kappa shape index (κ1) is 56.1. The van der Waals surface area contributed by atoms with Crippen molar-refractivity contribution < 1.29 is 38.4 Å². The van der Waals surface area contributed by atoms with Crippen LogP contribution in [0, 0.1) is 10.8 Å². The second kappa shape index (κ2) is 24.1. The van der Waals surface area contributed by atoms with E-state index in [4.69, 9.17) is 0 Å². The summed E-state index contributed by atoms with van der Waals surface area (Å²) in [6.45, 7) is 17.7. The van der Waals surface area contributed by atoms with Gasteiger partial charge < -0.3 is 52.3 Å².